The lowest BCUT2D eigenvalue weighted by atomic mass is 10.0. The number of aryl methyl sites for hydroxylation is 1. The van der Waals surface area contributed by atoms with Crippen molar-refractivity contribution in [3.05, 3.63) is 29.3 Å². The third-order valence-corrected chi connectivity index (χ3v) is 3.35. The van der Waals surface area contributed by atoms with Gasteiger partial charge in [0.2, 0.25) is 10.0 Å². The van der Waals surface area contributed by atoms with E-state index in [9.17, 15) is 18.0 Å². The number of benzene rings is 1. The zero-order valence-corrected chi connectivity index (χ0v) is 13.0. The molecule has 0 heterocycles. The zero-order valence-electron chi connectivity index (χ0n) is 12.2. The van der Waals surface area contributed by atoms with Gasteiger partial charge in [-0.3, -0.25) is 9.52 Å². The summed E-state index contributed by atoms with van der Waals surface area (Å²) in [6.45, 7) is 4.41. The molecular weight excluding hydrogens is 296 g/mol. The van der Waals surface area contributed by atoms with Crippen molar-refractivity contribution in [2.75, 3.05) is 11.0 Å². The molecule has 0 saturated heterocycles. The van der Waals surface area contributed by atoms with Crippen molar-refractivity contribution in [1.82, 2.24) is 5.32 Å². The molecule has 8 heteroatoms. The minimum Gasteiger partial charge on any atom is -0.480 e. The largest absolute Gasteiger partial charge is 0.480 e. The molecule has 0 aliphatic carbocycles. The first kappa shape index (κ1) is 17.0. The molecule has 1 amide bonds. The fourth-order valence-corrected chi connectivity index (χ4v) is 2.10. The molecule has 116 valence electrons. The monoisotopic (exact) mass is 314 g/mol. The van der Waals surface area contributed by atoms with E-state index in [1.54, 1.807) is 13.0 Å². The summed E-state index contributed by atoms with van der Waals surface area (Å²) in [5.41, 5.74) is -0.333. The second-order valence-electron chi connectivity index (χ2n) is 5.29. The zero-order chi connectivity index (χ0) is 16.4. The molecule has 7 nitrogen and oxygen atoms in total. The van der Waals surface area contributed by atoms with E-state index in [2.05, 4.69) is 10.0 Å². The maximum atomic E-state index is 12.0. The Hall–Kier alpha value is -2.09. The Morgan fingerprint density at radius 3 is 2.29 bits per heavy atom. The van der Waals surface area contributed by atoms with Crippen molar-refractivity contribution in [1.29, 1.82) is 0 Å². The minimum atomic E-state index is -3.47. The Labute approximate surface area is 123 Å². The Balaban J connectivity index is 3.07. The number of rotatable bonds is 5. The number of aliphatic carboxylic acids is 1. The number of nitrogens with one attached hydrogen (secondary N) is 2. The van der Waals surface area contributed by atoms with Crippen molar-refractivity contribution < 1.29 is 23.1 Å². The van der Waals surface area contributed by atoms with E-state index in [-0.39, 0.29) is 11.3 Å². The van der Waals surface area contributed by atoms with Crippen LogP contribution in [-0.4, -0.2) is 37.2 Å². The maximum absolute atomic E-state index is 12.0. The van der Waals surface area contributed by atoms with E-state index in [4.69, 9.17) is 5.11 Å². The van der Waals surface area contributed by atoms with Gasteiger partial charge in [0.15, 0.2) is 0 Å². The topological polar surface area (TPSA) is 113 Å². The molecule has 1 aromatic rings. The standard InChI is InChI=1S/C13H18N2O5S/c1-8-5-6-9(7-10(8)15-21(4,19)20)11(16)14-13(2,3)12(17)18/h5-7,15H,1-4H3,(H,14,16)(H,17,18). The number of carbonyl (C=O) groups is 2. The van der Waals surface area contributed by atoms with Gasteiger partial charge >= 0.3 is 5.97 Å². The van der Waals surface area contributed by atoms with Crippen LogP contribution >= 0.6 is 0 Å². The number of hydrogen-bond donors (Lipinski definition) is 3. The molecule has 0 unspecified atom stereocenters. The normalized spacial score (nSPS) is 11.8. The van der Waals surface area contributed by atoms with Gasteiger partial charge in [-0.05, 0) is 38.5 Å². The van der Waals surface area contributed by atoms with Gasteiger partial charge in [-0.25, -0.2) is 13.2 Å². The maximum Gasteiger partial charge on any atom is 0.328 e. The number of anilines is 1. The highest BCUT2D eigenvalue weighted by atomic mass is 32.2. The van der Waals surface area contributed by atoms with Gasteiger partial charge in [0.25, 0.3) is 5.91 Å². The van der Waals surface area contributed by atoms with Crippen molar-refractivity contribution in [3.8, 4) is 0 Å². The predicted molar refractivity (Wildman–Crippen MR) is 78.8 cm³/mol. The van der Waals surface area contributed by atoms with Crippen LogP contribution in [0.2, 0.25) is 0 Å². The summed E-state index contributed by atoms with van der Waals surface area (Å²) < 4.78 is 24.8. The fourth-order valence-electron chi connectivity index (χ4n) is 1.48. The highest BCUT2D eigenvalue weighted by Gasteiger charge is 2.29. The third kappa shape index (κ3) is 4.75. The quantitative estimate of drug-likeness (QED) is 0.749. The van der Waals surface area contributed by atoms with Crippen LogP contribution in [0.1, 0.15) is 29.8 Å². The van der Waals surface area contributed by atoms with E-state index in [1.165, 1.54) is 26.0 Å². The van der Waals surface area contributed by atoms with Crippen LogP contribution in [-0.2, 0) is 14.8 Å². The Kier molecular flexibility index (Phi) is 4.62. The first-order valence-electron chi connectivity index (χ1n) is 6.07. The molecule has 21 heavy (non-hydrogen) atoms. The minimum absolute atomic E-state index is 0.168. The van der Waals surface area contributed by atoms with Crippen molar-refractivity contribution in [2.45, 2.75) is 26.3 Å². The van der Waals surface area contributed by atoms with E-state index >= 15 is 0 Å². The lowest BCUT2D eigenvalue weighted by Crippen LogP contribution is -2.49. The van der Waals surface area contributed by atoms with Crippen molar-refractivity contribution in [2.24, 2.45) is 0 Å². The Morgan fingerprint density at radius 2 is 1.81 bits per heavy atom. The number of sulfonamides is 1. The highest BCUT2D eigenvalue weighted by molar-refractivity contribution is 7.92. The van der Waals surface area contributed by atoms with E-state index in [1.807, 2.05) is 0 Å². The number of amides is 1. The molecular formula is C13H18N2O5S. The summed E-state index contributed by atoms with van der Waals surface area (Å²) in [5, 5.41) is 11.3. The molecule has 0 radical (unpaired) electrons. The number of hydrogen-bond acceptors (Lipinski definition) is 4. The average molecular weight is 314 g/mol. The van der Waals surface area contributed by atoms with E-state index in [0.717, 1.165) is 6.26 Å². The van der Waals surface area contributed by atoms with Crippen LogP contribution in [0.4, 0.5) is 5.69 Å². The second-order valence-corrected chi connectivity index (χ2v) is 7.04. The molecule has 0 aliphatic rings. The molecule has 0 aliphatic heterocycles. The Bertz CT molecular complexity index is 680. The molecule has 1 aromatic carbocycles. The molecule has 0 spiro atoms. The van der Waals surface area contributed by atoms with Crippen molar-refractivity contribution in [3.63, 3.8) is 0 Å². The molecule has 1 rings (SSSR count). The van der Waals surface area contributed by atoms with Crippen LogP contribution in [0.5, 0.6) is 0 Å². The van der Waals surface area contributed by atoms with Gasteiger partial charge in [-0.1, -0.05) is 6.07 Å². The lowest BCUT2D eigenvalue weighted by molar-refractivity contribution is -0.143. The average Bonchev–Trinajstić information content (AvgIpc) is 2.29. The smallest absolute Gasteiger partial charge is 0.328 e. The third-order valence-electron chi connectivity index (χ3n) is 2.76. The summed E-state index contributed by atoms with van der Waals surface area (Å²) in [6, 6.07) is 4.44. The second kappa shape index (κ2) is 5.72. The molecule has 0 saturated carbocycles. The Morgan fingerprint density at radius 1 is 1.24 bits per heavy atom. The number of carboxylic acids is 1. The molecule has 0 bridgehead atoms. The fraction of sp³-hybridized carbons (Fsp3) is 0.385. The van der Waals surface area contributed by atoms with Gasteiger partial charge in [0, 0.05) is 5.56 Å². The lowest BCUT2D eigenvalue weighted by Gasteiger charge is -2.21. The molecule has 3 N–H and O–H groups in total. The summed E-state index contributed by atoms with van der Waals surface area (Å²) in [5.74, 6) is -1.77. The molecule has 0 aromatic heterocycles. The first-order chi connectivity index (χ1) is 9.42. The van der Waals surface area contributed by atoms with Crippen LogP contribution in [0.3, 0.4) is 0 Å². The van der Waals surface area contributed by atoms with Crippen LogP contribution in [0, 0.1) is 6.92 Å². The highest BCUT2D eigenvalue weighted by Crippen LogP contribution is 2.18. The summed E-state index contributed by atoms with van der Waals surface area (Å²) in [7, 11) is -3.47. The molecule has 0 atom stereocenters. The number of carbonyl (C=O) groups excluding carboxylic acids is 1. The van der Waals surface area contributed by atoms with Gasteiger partial charge in [-0.15, -0.1) is 0 Å². The summed E-state index contributed by atoms with van der Waals surface area (Å²) in [6.07, 6.45) is 1.01. The molecule has 0 fully saturated rings. The summed E-state index contributed by atoms with van der Waals surface area (Å²) in [4.78, 5) is 23.0. The first-order valence-corrected chi connectivity index (χ1v) is 7.96. The number of carboxylic acid groups (broad SMARTS) is 1. The van der Waals surface area contributed by atoms with Crippen LogP contribution < -0.4 is 10.0 Å². The predicted octanol–water partition coefficient (Wildman–Crippen LogP) is 0.960. The van der Waals surface area contributed by atoms with Gasteiger partial charge in [-0.2, -0.15) is 0 Å². The van der Waals surface area contributed by atoms with Crippen LogP contribution in [0.25, 0.3) is 0 Å². The van der Waals surface area contributed by atoms with E-state index in [0.29, 0.717) is 5.56 Å². The SMILES string of the molecule is Cc1ccc(C(=O)NC(C)(C)C(=O)O)cc1NS(C)(=O)=O. The van der Waals surface area contributed by atoms with Gasteiger partial charge in [0.1, 0.15) is 5.54 Å². The van der Waals surface area contributed by atoms with Gasteiger partial charge in [0.05, 0.1) is 11.9 Å². The van der Waals surface area contributed by atoms with E-state index < -0.39 is 27.4 Å². The summed E-state index contributed by atoms with van der Waals surface area (Å²) >= 11 is 0. The van der Waals surface area contributed by atoms with Crippen LogP contribution in [0.15, 0.2) is 18.2 Å². The van der Waals surface area contributed by atoms with Gasteiger partial charge < -0.3 is 10.4 Å². The van der Waals surface area contributed by atoms with Crippen molar-refractivity contribution >= 4 is 27.6 Å².